The minimum atomic E-state index is -1.71. The van der Waals surface area contributed by atoms with Gasteiger partial charge in [0.15, 0.2) is 0 Å². The number of hydrogen-bond donors (Lipinski definition) is 1. The fraction of sp³-hybridized carbons (Fsp3) is 0.211. The molecule has 0 aliphatic carbocycles. The second kappa shape index (κ2) is 6.42. The second-order valence-electron chi connectivity index (χ2n) is 5.51. The molecule has 5 heteroatoms. The van der Waals surface area contributed by atoms with Gasteiger partial charge in [-0.05, 0) is 41.6 Å². The van der Waals surface area contributed by atoms with Gasteiger partial charge in [-0.1, -0.05) is 31.2 Å². The predicted octanol–water partition coefficient (Wildman–Crippen LogP) is 4.11. The average Bonchev–Trinajstić information content (AvgIpc) is 2.87. The summed E-state index contributed by atoms with van der Waals surface area (Å²) in [5.41, 5.74) is 1.93. The monoisotopic (exact) mass is 344 g/mol. The Morgan fingerprint density at radius 2 is 1.67 bits per heavy atom. The Morgan fingerprint density at radius 3 is 2.21 bits per heavy atom. The normalized spacial score (nSPS) is 20.4. The van der Waals surface area contributed by atoms with Gasteiger partial charge in [0.1, 0.15) is 5.82 Å². The number of carbonyl (C=O) groups is 1. The Morgan fingerprint density at radius 1 is 1.08 bits per heavy atom. The molecule has 0 fully saturated rings. The van der Waals surface area contributed by atoms with Crippen LogP contribution in [0.3, 0.4) is 0 Å². The summed E-state index contributed by atoms with van der Waals surface area (Å²) in [5.74, 6) is -2.66. The lowest BCUT2D eigenvalue weighted by Crippen LogP contribution is -2.29. The summed E-state index contributed by atoms with van der Waals surface area (Å²) in [6.07, 6.45) is 2.18. The summed E-state index contributed by atoms with van der Waals surface area (Å²) in [7, 11) is 0. The zero-order valence-electron chi connectivity index (χ0n) is 13.4. The highest BCUT2D eigenvalue weighted by Crippen LogP contribution is 2.44. The van der Waals surface area contributed by atoms with E-state index in [0.29, 0.717) is 22.3 Å². The molecule has 1 N–H and O–H groups in total. The molecule has 1 atom stereocenters. The SMILES string of the molecule is CCC1(O)OC(=O)C(c2ccc(SC)cc2)=C1c1ccc(F)cc1. The predicted molar refractivity (Wildman–Crippen MR) is 92.8 cm³/mol. The zero-order valence-corrected chi connectivity index (χ0v) is 14.2. The van der Waals surface area contributed by atoms with Gasteiger partial charge in [-0.15, -0.1) is 11.8 Å². The Hall–Kier alpha value is -2.11. The summed E-state index contributed by atoms with van der Waals surface area (Å²) in [5, 5.41) is 10.8. The van der Waals surface area contributed by atoms with Crippen molar-refractivity contribution in [2.24, 2.45) is 0 Å². The number of thioether (sulfide) groups is 1. The number of rotatable bonds is 4. The van der Waals surface area contributed by atoms with Crippen LogP contribution < -0.4 is 0 Å². The molecule has 0 spiro atoms. The first kappa shape index (κ1) is 16.7. The molecule has 0 radical (unpaired) electrons. The van der Waals surface area contributed by atoms with Crippen molar-refractivity contribution in [3.63, 3.8) is 0 Å². The number of carbonyl (C=O) groups excluding carboxylic acids is 1. The molecule has 2 aromatic rings. The number of esters is 1. The van der Waals surface area contributed by atoms with E-state index in [9.17, 15) is 14.3 Å². The lowest BCUT2D eigenvalue weighted by Gasteiger charge is -2.23. The highest BCUT2D eigenvalue weighted by Gasteiger charge is 2.46. The molecule has 1 aliphatic heterocycles. The van der Waals surface area contributed by atoms with Crippen LogP contribution in [0.25, 0.3) is 11.1 Å². The number of benzene rings is 2. The molecule has 0 saturated carbocycles. The van der Waals surface area contributed by atoms with E-state index in [0.717, 1.165) is 4.90 Å². The number of hydrogen-bond acceptors (Lipinski definition) is 4. The number of aliphatic hydroxyl groups is 1. The van der Waals surface area contributed by atoms with E-state index in [-0.39, 0.29) is 12.2 Å². The molecule has 1 heterocycles. The largest absolute Gasteiger partial charge is 0.425 e. The smallest absolute Gasteiger partial charge is 0.342 e. The van der Waals surface area contributed by atoms with Crippen LogP contribution in [0, 0.1) is 5.82 Å². The minimum Gasteiger partial charge on any atom is -0.425 e. The summed E-state index contributed by atoms with van der Waals surface area (Å²) in [6, 6.07) is 13.2. The van der Waals surface area contributed by atoms with Crippen LogP contribution in [-0.4, -0.2) is 23.1 Å². The third-order valence-corrected chi connectivity index (χ3v) is 4.84. The molecular formula is C19H17FO3S. The van der Waals surface area contributed by atoms with Crippen molar-refractivity contribution in [2.75, 3.05) is 6.26 Å². The Kier molecular flexibility index (Phi) is 4.47. The summed E-state index contributed by atoms with van der Waals surface area (Å²) in [4.78, 5) is 13.5. The van der Waals surface area contributed by atoms with Gasteiger partial charge in [-0.2, -0.15) is 0 Å². The standard InChI is InChI=1S/C19H17FO3S/c1-3-19(22)17(13-4-8-14(20)9-5-13)16(18(21)23-19)12-6-10-15(24-2)11-7-12/h4-11,22H,3H2,1-2H3. The van der Waals surface area contributed by atoms with Crippen molar-refractivity contribution < 1.29 is 19.0 Å². The van der Waals surface area contributed by atoms with Gasteiger partial charge in [0, 0.05) is 16.9 Å². The van der Waals surface area contributed by atoms with Crippen LogP contribution in [-0.2, 0) is 9.53 Å². The second-order valence-corrected chi connectivity index (χ2v) is 6.39. The van der Waals surface area contributed by atoms with Crippen molar-refractivity contribution in [2.45, 2.75) is 24.0 Å². The first-order valence-corrected chi connectivity index (χ1v) is 8.82. The number of ether oxygens (including phenoxy) is 1. The van der Waals surface area contributed by atoms with Gasteiger partial charge in [0.2, 0.25) is 5.79 Å². The fourth-order valence-electron chi connectivity index (χ4n) is 2.81. The molecule has 3 rings (SSSR count). The van der Waals surface area contributed by atoms with Crippen LogP contribution in [0.4, 0.5) is 4.39 Å². The Bertz CT molecular complexity index is 796. The molecule has 124 valence electrons. The molecule has 0 aromatic heterocycles. The molecule has 24 heavy (non-hydrogen) atoms. The van der Waals surface area contributed by atoms with E-state index in [1.807, 2.05) is 30.5 Å². The third-order valence-electron chi connectivity index (χ3n) is 4.10. The zero-order chi connectivity index (χ0) is 17.3. The van der Waals surface area contributed by atoms with E-state index in [4.69, 9.17) is 4.74 Å². The topological polar surface area (TPSA) is 46.5 Å². The van der Waals surface area contributed by atoms with Crippen molar-refractivity contribution in [1.29, 1.82) is 0 Å². The highest BCUT2D eigenvalue weighted by atomic mass is 32.2. The van der Waals surface area contributed by atoms with Crippen molar-refractivity contribution in [3.05, 3.63) is 65.5 Å². The summed E-state index contributed by atoms with van der Waals surface area (Å²) >= 11 is 1.60. The highest BCUT2D eigenvalue weighted by molar-refractivity contribution is 7.98. The first-order valence-electron chi connectivity index (χ1n) is 7.59. The van der Waals surface area contributed by atoms with Crippen LogP contribution in [0.15, 0.2) is 53.4 Å². The lowest BCUT2D eigenvalue weighted by molar-refractivity contribution is -0.175. The van der Waals surface area contributed by atoms with Gasteiger partial charge in [0.25, 0.3) is 0 Å². The van der Waals surface area contributed by atoms with E-state index >= 15 is 0 Å². The van der Waals surface area contributed by atoms with Gasteiger partial charge < -0.3 is 9.84 Å². The van der Waals surface area contributed by atoms with Crippen molar-refractivity contribution >= 4 is 28.9 Å². The average molecular weight is 344 g/mol. The van der Waals surface area contributed by atoms with E-state index in [2.05, 4.69) is 0 Å². The third kappa shape index (κ3) is 2.85. The van der Waals surface area contributed by atoms with Gasteiger partial charge in [-0.25, -0.2) is 9.18 Å². The van der Waals surface area contributed by atoms with E-state index in [1.54, 1.807) is 30.8 Å². The van der Waals surface area contributed by atoms with E-state index < -0.39 is 11.8 Å². The minimum absolute atomic E-state index is 0.206. The van der Waals surface area contributed by atoms with Crippen molar-refractivity contribution in [1.82, 2.24) is 0 Å². The summed E-state index contributed by atoms with van der Waals surface area (Å²) in [6.45, 7) is 1.73. The number of halogens is 1. The quantitative estimate of drug-likeness (QED) is 0.670. The molecule has 3 nitrogen and oxygen atoms in total. The molecule has 1 unspecified atom stereocenters. The molecular weight excluding hydrogens is 327 g/mol. The van der Waals surface area contributed by atoms with Gasteiger partial charge in [-0.3, -0.25) is 0 Å². The molecule has 0 bridgehead atoms. The van der Waals surface area contributed by atoms with Crippen LogP contribution in [0.1, 0.15) is 24.5 Å². The maximum Gasteiger partial charge on any atom is 0.342 e. The lowest BCUT2D eigenvalue weighted by atomic mass is 9.90. The van der Waals surface area contributed by atoms with Gasteiger partial charge in [0.05, 0.1) is 5.57 Å². The maximum atomic E-state index is 13.2. The Labute approximate surface area is 144 Å². The number of cyclic esters (lactones) is 1. The van der Waals surface area contributed by atoms with Crippen LogP contribution in [0.2, 0.25) is 0 Å². The van der Waals surface area contributed by atoms with Gasteiger partial charge >= 0.3 is 5.97 Å². The molecule has 0 saturated heterocycles. The van der Waals surface area contributed by atoms with Crippen molar-refractivity contribution in [3.8, 4) is 0 Å². The molecule has 2 aromatic carbocycles. The molecule has 1 aliphatic rings. The summed E-state index contributed by atoms with van der Waals surface area (Å²) < 4.78 is 18.5. The van der Waals surface area contributed by atoms with E-state index in [1.165, 1.54) is 12.1 Å². The first-order chi connectivity index (χ1) is 11.5. The molecule has 0 amide bonds. The Balaban J connectivity index is 2.21. The maximum absolute atomic E-state index is 13.2. The fourth-order valence-corrected chi connectivity index (χ4v) is 3.22. The van der Waals surface area contributed by atoms with Crippen LogP contribution >= 0.6 is 11.8 Å². The van der Waals surface area contributed by atoms with Crippen LogP contribution in [0.5, 0.6) is 0 Å².